The van der Waals surface area contributed by atoms with E-state index in [4.69, 9.17) is 18.9 Å². The molecule has 1 saturated heterocycles. The molecule has 2 aliphatic heterocycles. The molecular weight excluding hydrogens is 1000 g/mol. The highest BCUT2D eigenvalue weighted by Gasteiger charge is 2.43. The molecule has 2 unspecified atom stereocenters. The summed E-state index contributed by atoms with van der Waals surface area (Å²) >= 11 is 0. The zero-order valence-corrected chi connectivity index (χ0v) is 38.3. The number of fused-ring (bicyclic) bond motifs is 3. The summed E-state index contributed by atoms with van der Waals surface area (Å²) in [5.74, 6) is 3.70. The van der Waals surface area contributed by atoms with Gasteiger partial charge < -0.3 is 54.7 Å². The number of carboxylic acid groups (broad SMARTS) is 1. The van der Waals surface area contributed by atoms with E-state index in [1.54, 1.807) is 0 Å². The molecule has 0 spiro atoms. The van der Waals surface area contributed by atoms with Crippen molar-refractivity contribution < 1.29 is 85.4 Å². The van der Waals surface area contributed by atoms with E-state index in [1.807, 2.05) is 0 Å². The molecule has 0 bridgehead atoms. The van der Waals surface area contributed by atoms with Gasteiger partial charge in [-0.15, -0.1) is 0 Å². The Morgan fingerprint density at radius 1 is 0.944 bits per heavy atom. The third-order valence-corrected chi connectivity index (χ3v) is 14.3. The van der Waals surface area contributed by atoms with Crippen molar-refractivity contribution in [1.29, 1.82) is 0 Å². The summed E-state index contributed by atoms with van der Waals surface area (Å²) in [5, 5.41) is 49.0. The first-order chi connectivity index (χ1) is 33.5. The zero-order chi connectivity index (χ0) is 51.0. The van der Waals surface area contributed by atoms with E-state index in [0.29, 0.717) is 16.5 Å². The van der Waals surface area contributed by atoms with Crippen LogP contribution in [0.4, 0.5) is 11.5 Å². The largest absolute Gasteiger partial charge is 0.508 e. The maximum atomic E-state index is 13.4. The number of aromatic carboxylic acids is 1. The molecule has 9 N–H and O–H groups in total. The normalized spacial score (nSPS) is 17.6. The van der Waals surface area contributed by atoms with Crippen LogP contribution in [0.1, 0.15) is 44.5 Å². The Hall–Kier alpha value is -7.27. The van der Waals surface area contributed by atoms with Crippen molar-refractivity contribution in [2.24, 2.45) is 0 Å². The molecule has 71 heavy (non-hydrogen) atoms. The minimum absolute atomic E-state index is 0.0567. The van der Waals surface area contributed by atoms with Crippen molar-refractivity contribution in [3.63, 3.8) is 0 Å². The van der Waals surface area contributed by atoms with E-state index < -0.39 is 65.3 Å². The Balaban J connectivity index is 0.922. The lowest BCUT2D eigenvalue weighted by atomic mass is 9.89. The van der Waals surface area contributed by atoms with Crippen LogP contribution >= 0.6 is 23.5 Å². The molecule has 27 nitrogen and oxygen atoms in total. The molecule has 5 atom stereocenters. The van der Waals surface area contributed by atoms with Gasteiger partial charge in [0.15, 0.2) is 22.4 Å². The quantitative estimate of drug-likeness (QED) is 0.0213. The lowest BCUT2D eigenvalue weighted by Crippen LogP contribution is -2.26. The molecule has 1 amide bonds. The number of nitro groups is 1. The summed E-state index contributed by atoms with van der Waals surface area (Å²) in [5.41, 5.74) is 0.971. The van der Waals surface area contributed by atoms with Gasteiger partial charge in [0, 0.05) is 64.4 Å². The number of amides is 1. The third-order valence-electron chi connectivity index (χ3n) is 10.4. The number of anilines is 1. The third kappa shape index (κ3) is 11.5. The molecule has 0 saturated carbocycles. The van der Waals surface area contributed by atoms with E-state index >= 15 is 0 Å². The first-order valence-electron chi connectivity index (χ1n) is 20.2. The lowest BCUT2D eigenvalue weighted by Gasteiger charge is -2.19. The lowest BCUT2D eigenvalue weighted by molar-refractivity contribution is -0.385. The molecule has 1 aliphatic carbocycles. The number of aromatic hydroxyl groups is 1. The van der Waals surface area contributed by atoms with Crippen LogP contribution in [-0.4, -0.2) is 96.6 Å². The highest BCUT2D eigenvalue weighted by atomic mass is 31.3. The maximum Gasteiger partial charge on any atom is 0.490 e. The van der Waals surface area contributed by atoms with Crippen LogP contribution in [0.25, 0.3) is 44.6 Å². The summed E-state index contributed by atoms with van der Waals surface area (Å²) in [6.45, 7) is -1.28. The fourth-order valence-corrected chi connectivity index (χ4v) is 10.5. The summed E-state index contributed by atoms with van der Waals surface area (Å²) in [6, 6.07) is 16.3. The standard InChI is InChI=1S/C41H34N7O20P3/c49-24-6-9-27-32(14-24)65-33-15-25(50)7-10-28(33)36(27)29-13-22(5-8-26(29)41(53)54)40(52)42-11-1-2-21-3-4-23(30(12-21)48(55)56)17-43-38-37-39(45-19-44-38)47(20-46-37)35-16-31(51)34(66-35)18-64-70(60,61)68-71(62,63)67-69(57,58)59/h3-10,12-15,19-20,31,34-35,49,51H,11,16-18H2,(H,42,52)(H,53,54)(H,60,61)(H,62,63)(H,43,44,45)(H2,57,58,59)/t31-,34-,35-/m1/s1. The maximum absolute atomic E-state index is 13.4. The number of phenols is 1. The second-order valence-electron chi connectivity index (χ2n) is 15.2. The number of phosphoric ester groups is 1. The van der Waals surface area contributed by atoms with E-state index in [2.05, 4.69) is 50.6 Å². The van der Waals surface area contributed by atoms with Gasteiger partial charge in [0.25, 0.3) is 11.6 Å². The summed E-state index contributed by atoms with van der Waals surface area (Å²) < 4.78 is 59.6. The molecule has 0 radical (unpaired) electrons. The molecule has 5 aromatic rings. The second-order valence-corrected chi connectivity index (χ2v) is 19.6. The summed E-state index contributed by atoms with van der Waals surface area (Å²) in [4.78, 5) is 98.9. The van der Waals surface area contributed by atoms with E-state index in [9.17, 15) is 63.3 Å². The van der Waals surface area contributed by atoms with Gasteiger partial charge in [0.05, 0.1) is 36.1 Å². The molecule has 368 valence electrons. The van der Waals surface area contributed by atoms with Crippen molar-refractivity contribution in [3.05, 3.63) is 128 Å². The number of carbonyl (C=O) groups is 2. The molecule has 4 heterocycles. The predicted octanol–water partition coefficient (Wildman–Crippen LogP) is 4.40. The second kappa shape index (κ2) is 19.9. The van der Waals surface area contributed by atoms with Crippen molar-refractivity contribution in [3.8, 4) is 40.0 Å². The summed E-state index contributed by atoms with van der Waals surface area (Å²) in [7, 11) is -16.9. The van der Waals surface area contributed by atoms with Crippen LogP contribution in [0, 0.1) is 22.0 Å². The highest BCUT2D eigenvalue weighted by Crippen LogP contribution is 2.66. The average molecular weight is 1040 g/mol. The van der Waals surface area contributed by atoms with Crippen LogP contribution in [0.3, 0.4) is 0 Å². The Kier molecular flexibility index (Phi) is 14.0. The molecule has 30 heteroatoms. The topological polar surface area (TPSA) is 405 Å². The van der Waals surface area contributed by atoms with Gasteiger partial charge in [-0.2, -0.15) is 8.62 Å². The Bertz CT molecular complexity index is 3530. The van der Waals surface area contributed by atoms with Crippen LogP contribution in [0.2, 0.25) is 0 Å². The van der Waals surface area contributed by atoms with E-state index in [-0.39, 0.29) is 92.5 Å². The van der Waals surface area contributed by atoms with Gasteiger partial charge in [-0.25, -0.2) is 33.4 Å². The molecular formula is C41H34N7O20P3. The average Bonchev–Trinajstić information content (AvgIpc) is 3.90. The van der Waals surface area contributed by atoms with E-state index in [1.165, 1.54) is 83.7 Å². The number of nitrogens with one attached hydrogen (secondary N) is 2. The van der Waals surface area contributed by atoms with Crippen molar-refractivity contribution in [1.82, 2.24) is 24.8 Å². The van der Waals surface area contributed by atoms with Crippen LogP contribution in [-0.2, 0) is 38.1 Å². The molecule has 1 fully saturated rings. The molecule has 8 rings (SSSR count). The number of nitro benzene ring substituents is 1. The van der Waals surface area contributed by atoms with Gasteiger partial charge in [-0.1, -0.05) is 11.8 Å². The fraction of sp³-hybridized carbons (Fsp3) is 0.171. The number of benzene rings is 4. The molecule has 3 aromatic carbocycles. The van der Waals surface area contributed by atoms with Crippen molar-refractivity contribution >= 4 is 69.0 Å². The monoisotopic (exact) mass is 1040 g/mol. The van der Waals surface area contributed by atoms with Crippen molar-refractivity contribution in [2.75, 3.05) is 18.5 Å². The Morgan fingerprint density at radius 2 is 1.73 bits per heavy atom. The number of hydrogen-bond acceptors (Lipinski definition) is 19. The van der Waals surface area contributed by atoms with E-state index in [0.717, 1.165) is 6.33 Å². The first-order valence-corrected chi connectivity index (χ1v) is 24.7. The van der Waals surface area contributed by atoms with Gasteiger partial charge in [0.1, 0.15) is 35.8 Å². The van der Waals surface area contributed by atoms with Crippen LogP contribution < -0.4 is 16.1 Å². The number of nitrogens with zero attached hydrogens (tertiary/aromatic N) is 5. The minimum Gasteiger partial charge on any atom is -0.508 e. The smallest absolute Gasteiger partial charge is 0.490 e. The molecule has 2 aromatic heterocycles. The van der Waals surface area contributed by atoms with Gasteiger partial charge in [-0.05, 0) is 60.2 Å². The SMILES string of the molecule is O=C(NCC#Cc1ccc(CNc2ncnc3c2ncn3[C@H]2C[C@@H](O)[C@@H](COP(=O)(O)OP(=O)(O)OP(=O)(O)O)O2)c([N+](=O)[O-])c1)c1ccc(C(=O)O)c(-c2c3ccc(=O)cc-3oc3cc(O)ccc23)c1. The number of carboxylic acids is 1. The summed E-state index contributed by atoms with van der Waals surface area (Å²) in [6.07, 6.45) is -1.43. The number of aromatic nitrogens is 4. The highest BCUT2D eigenvalue weighted by molar-refractivity contribution is 7.66. The minimum atomic E-state index is -5.78. The zero-order valence-electron chi connectivity index (χ0n) is 35.7. The Labute approximate surface area is 396 Å². The van der Waals surface area contributed by atoms with Gasteiger partial charge >= 0.3 is 29.4 Å². The predicted molar refractivity (Wildman–Crippen MR) is 242 cm³/mol. The number of carbonyl (C=O) groups excluding carboxylic acids is 1. The number of phosphoric acid groups is 3. The fourth-order valence-electron chi connectivity index (χ4n) is 7.44. The number of rotatable bonds is 16. The number of aliphatic hydroxyl groups is 1. The van der Waals surface area contributed by atoms with Gasteiger partial charge in [0.2, 0.25) is 0 Å². The number of hydrogen-bond donors (Lipinski definition) is 9. The molecule has 3 aliphatic rings. The number of ether oxygens (including phenoxy) is 1. The van der Waals surface area contributed by atoms with Crippen LogP contribution in [0.5, 0.6) is 5.75 Å². The van der Waals surface area contributed by atoms with Crippen LogP contribution in [0.15, 0.2) is 94.7 Å². The van der Waals surface area contributed by atoms with Crippen molar-refractivity contribution in [2.45, 2.75) is 31.4 Å². The number of imidazole rings is 1. The number of aliphatic hydroxyl groups excluding tert-OH is 1. The number of phenolic OH excluding ortho intramolecular Hbond substituents is 1. The Morgan fingerprint density at radius 3 is 2.48 bits per heavy atom. The van der Waals surface area contributed by atoms with Gasteiger partial charge in [-0.3, -0.25) is 28.8 Å². The first kappa shape index (κ1) is 50.1.